The number of hydrogen-bond acceptors (Lipinski definition) is 8. The van der Waals surface area contributed by atoms with Crippen molar-refractivity contribution >= 4 is 11.7 Å². The number of likely N-dealkylation sites (tertiary alicyclic amines) is 1. The van der Waals surface area contributed by atoms with Gasteiger partial charge in [-0.1, -0.05) is 18.2 Å². The van der Waals surface area contributed by atoms with E-state index in [4.69, 9.17) is 18.9 Å². The topological polar surface area (TPSA) is 100 Å². The Labute approximate surface area is 226 Å². The number of piperidine rings is 1. The SMILES string of the molecule is COc1ccc2c(c1)[C@@H](OC(=O)c1ccc([N+](=O)[O-])cc1)[C@H](N1CCC(c3cccc4c3OCCO4)CC1)C2. The molecule has 1 fully saturated rings. The van der Waals surface area contributed by atoms with Gasteiger partial charge in [-0.05, 0) is 74.2 Å². The first kappa shape index (κ1) is 25.2. The van der Waals surface area contributed by atoms with Gasteiger partial charge in [-0.3, -0.25) is 15.0 Å². The van der Waals surface area contributed by atoms with E-state index in [9.17, 15) is 14.9 Å². The number of carbonyl (C=O) groups excluding carboxylic acids is 1. The van der Waals surface area contributed by atoms with Crippen LogP contribution < -0.4 is 14.2 Å². The first-order valence-electron chi connectivity index (χ1n) is 13.3. The average molecular weight is 531 g/mol. The molecule has 2 atom stereocenters. The number of nitro benzene ring substituents is 1. The summed E-state index contributed by atoms with van der Waals surface area (Å²) in [6, 6.07) is 17.6. The number of esters is 1. The lowest BCUT2D eigenvalue weighted by Gasteiger charge is -2.39. The van der Waals surface area contributed by atoms with E-state index in [1.165, 1.54) is 29.8 Å². The fourth-order valence-electron chi connectivity index (χ4n) is 6.02. The van der Waals surface area contributed by atoms with E-state index < -0.39 is 17.0 Å². The maximum Gasteiger partial charge on any atom is 0.338 e. The summed E-state index contributed by atoms with van der Waals surface area (Å²) in [5.41, 5.74) is 3.49. The van der Waals surface area contributed by atoms with Crippen LogP contribution in [0.25, 0.3) is 0 Å². The van der Waals surface area contributed by atoms with Crippen LogP contribution in [0, 0.1) is 10.1 Å². The quantitative estimate of drug-likeness (QED) is 0.247. The van der Waals surface area contributed by atoms with Crippen LogP contribution in [-0.4, -0.2) is 55.2 Å². The molecule has 0 radical (unpaired) electrons. The van der Waals surface area contributed by atoms with E-state index in [0.717, 1.165) is 55.0 Å². The molecule has 2 heterocycles. The van der Waals surface area contributed by atoms with Gasteiger partial charge in [-0.25, -0.2) is 4.79 Å². The van der Waals surface area contributed by atoms with Crippen LogP contribution in [0.15, 0.2) is 60.7 Å². The monoisotopic (exact) mass is 530 g/mol. The highest BCUT2D eigenvalue weighted by Crippen LogP contribution is 2.44. The molecule has 0 saturated carbocycles. The van der Waals surface area contributed by atoms with Crippen LogP contribution in [0.2, 0.25) is 0 Å². The summed E-state index contributed by atoms with van der Waals surface area (Å²) in [5.74, 6) is 2.26. The van der Waals surface area contributed by atoms with Gasteiger partial charge >= 0.3 is 5.97 Å². The second-order valence-electron chi connectivity index (χ2n) is 10.1. The third-order valence-corrected chi connectivity index (χ3v) is 8.02. The highest BCUT2D eigenvalue weighted by Gasteiger charge is 2.41. The van der Waals surface area contributed by atoms with Crippen molar-refractivity contribution in [3.8, 4) is 17.2 Å². The molecule has 1 saturated heterocycles. The molecule has 2 aliphatic heterocycles. The number of fused-ring (bicyclic) bond motifs is 2. The van der Waals surface area contributed by atoms with Crippen molar-refractivity contribution in [3.05, 3.63) is 93.0 Å². The van der Waals surface area contributed by atoms with Crippen LogP contribution >= 0.6 is 0 Å². The average Bonchev–Trinajstić information content (AvgIpc) is 3.34. The predicted octanol–water partition coefficient (Wildman–Crippen LogP) is 5.08. The van der Waals surface area contributed by atoms with E-state index in [0.29, 0.717) is 24.9 Å². The maximum atomic E-state index is 13.2. The summed E-state index contributed by atoms with van der Waals surface area (Å²) >= 11 is 0. The lowest BCUT2D eigenvalue weighted by Crippen LogP contribution is -2.44. The van der Waals surface area contributed by atoms with Crippen molar-refractivity contribution in [1.82, 2.24) is 4.90 Å². The molecule has 0 N–H and O–H groups in total. The Morgan fingerprint density at radius 3 is 2.51 bits per heavy atom. The normalized spacial score (nSPS) is 20.7. The van der Waals surface area contributed by atoms with Gasteiger partial charge in [-0.15, -0.1) is 0 Å². The molecule has 0 bridgehead atoms. The van der Waals surface area contributed by atoms with Gasteiger partial charge in [-0.2, -0.15) is 0 Å². The van der Waals surface area contributed by atoms with Crippen LogP contribution in [-0.2, 0) is 11.2 Å². The molecular formula is C30H30N2O7. The minimum atomic E-state index is -0.501. The fraction of sp³-hybridized carbons (Fsp3) is 0.367. The van der Waals surface area contributed by atoms with Crippen molar-refractivity contribution in [2.24, 2.45) is 0 Å². The Morgan fingerprint density at radius 1 is 1.00 bits per heavy atom. The number of ether oxygens (including phenoxy) is 4. The largest absolute Gasteiger partial charge is 0.497 e. The Bertz CT molecular complexity index is 1380. The summed E-state index contributed by atoms with van der Waals surface area (Å²) in [6.07, 6.45) is 2.20. The second-order valence-corrected chi connectivity index (χ2v) is 10.1. The van der Waals surface area contributed by atoms with Gasteiger partial charge in [0.15, 0.2) is 11.5 Å². The molecule has 3 aliphatic rings. The summed E-state index contributed by atoms with van der Waals surface area (Å²) in [6.45, 7) is 2.85. The summed E-state index contributed by atoms with van der Waals surface area (Å²) in [4.78, 5) is 26.1. The number of carbonyl (C=O) groups is 1. The van der Waals surface area contributed by atoms with Crippen LogP contribution in [0.1, 0.15) is 51.9 Å². The Morgan fingerprint density at radius 2 is 1.77 bits per heavy atom. The van der Waals surface area contributed by atoms with Crippen molar-refractivity contribution < 1.29 is 28.7 Å². The Hall–Kier alpha value is -4.11. The minimum Gasteiger partial charge on any atom is -0.497 e. The number of nitrogens with zero attached hydrogens (tertiary/aromatic N) is 2. The highest BCUT2D eigenvalue weighted by molar-refractivity contribution is 5.90. The van der Waals surface area contributed by atoms with Gasteiger partial charge in [0.25, 0.3) is 5.69 Å². The molecule has 3 aromatic carbocycles. The van der Waals surface area contributed by atoms with Gasteiger partial charge in [0.05, 0.1) is 23.6 Å². The molecule has 9 nitrogen and oxygen atoms in total. The smallest absolute Gasteiger partial charge is 0.338 e. The predicted molar refractivity (Wildman–Crippen MR) is 143 cm³/mol. The number of hydrogen-bond donors (Lipinski definition) is 0. The third-order valence-electron chi connectivity index (χ3n) is 8.02. The van der Waals surface area contributed by atoms with E-state index in [1.54, 1.807) is 7.11 Å². The third kappa shape index (κ3) is 4.90. The van der Waals surface area contributed by atoms with Gasteiger partial charge in [0.2, 0.25) is 0 Å². The summed E-state index contributed by atoms with van der Waals surface area (Å²) in [7, 11) is 1.62. The molecule has 6 rings (SSSR count). The van der Waals surface area contributed by atoms with E-state index in [2.05, 4.69) is 11.0 Å². The Kier molecular flexibility index (Phi) is 6.83. The molecule has 3 aromatic rings. The van der Waals surface area contributed by atoms with Crippen LogP contribution in [0.3, 0.4) is 0 Å². The van der Waals surface area contributed by atoms with Crippen molar-refractivity contribution in [2.75, 3.05) is 33.4 Å². The number of non-ortho nitro benzene ring substituents is 1. The first-order chi connectivity index (χ1) is 19.0. The summed E-state index contributed by atoms with van der Waals surface area (Å²) < 4.78 is 23.4. The molecule has 0 spiro atoms. The summed E-state index contributed by atoms with van der Waals surface area (Å²) in [5, 5.41) is 11.0. The number of nitro groups is 1. The van der Waals surface area contributed by atoms with Crippen LogP contribution in [0.5, 0.6) is 17.2 Å². The molecule has 39 heavy (non-hydrogen) atoms. The molecular weight excluding hydrogens is 500 g/mol. The lowest BCUT2D eigenvalue weighted by atomic mass is 9.87. The number of rotatable bonds is 6. The Balaban J connectivity index is 1.21. The van der Waals surface area contributed by atoms with Gasteiger partial charge in [0, 0.05) is 23.3 Å². The number of methoxy groups -OCH3 is 1. The lowest BCUT2D eigenvalue weighted by molar-refractivity contribution is -0.384. The number of para-hydroxylation sites is 1. The van der Waals surface area contributed by atoms with E-state index in [1.807, 2.05) is 30.3 Å². The van der Waals surface area contributed by atoms with E-state index >= 15 is 0 Å². The molecule has 0 amide bonds. The zero-order valence-electron chi connectivity index (χ0n) is 21.7. The molecule has 1 aliphatic carbocycles. The number of benzene rings is 3. The maximum absolute atomic E-state index is 13.2. The molecule has 0 aromatic heterocycles. The highest BCUT2D eigenvalue weighted by atomic mass is 16.6. The van der Waals surface area contributed by atoms with Gasteiger partial charge in [0.1, 0.15) is 25.1 Å². The van der Waals surface area contributed by atoms with Crippen molar-refractivity contribution in [2.45, 2.75) is 37.3 Å². The van der Waals surface area contributed by atoms with Crippen molar-refractivity contribution in [3.63, 3.8) is 0 Å². The minimum absolute atomic E-state index is 0.0145. The van der Waals surface area contributed by atoms with Crippen molar-refractivity contribution in [1.29, 1.82) is 0 Å². The first-order valence-corrected chi connectivity index (χ1v) is 13.3. The molecule has 202 valence electrons. The van der Waals surface area contributed by atoms with E-state index in [-0.39, 0.29) is 17.3 Å². The van der Waals surface area contributed by atoms with Gasteiger partial charge < -0.3 is 18.9 Å². The zero-order valence-corrected chi connectivity index (χ0v) is 21.7. The standard InChI is InChI=1S/C30H30N2O7/c1-36-23-10-7-21-17-26(28(25(21)18-23)39-30(33)20-5-8-22(9-6-20)32(34)35)31-13-11-19(12-14-31)24-3-2-4-27-29(24)38-16-15-37-27/h2-10,18-19,26,28H,11-17H2,1H3/t26-,28-/m1/s1. The molecule has 9 heteroatoms. The molecule has 0 unspecified atom stereocenters. The second kappa shape index (κ2) is 10.6. The zero-order chi connectivity index (χ0) is 26.9. The van der Waals surface area contributed by atoms with Crippen LogP contribution in [0.4, 0.5) is 5.69 Å². The fourth-order valence-corrected chi connectivity index (χ4v) is 6.02.